The summed E-state index contributed by atoms with van der Waals surface area (Å²) in [5, 5.41) is 4.34. The predicted molar refractivity (Wildman–Crippen MR) is 180 cm³/mol. The number of benzene rings is 1. The number of piperazine rings is 2. The summed E-state index contributed by atoms with van der Waals surface area (Å²) in [6.45, 7) is 12.6. The highest BCUT2D eigenvalue weighted by molar-refractivity contribution is 6.16. The molecule has 5 rings (SSSR count). The Morgan fingerprint density at radius 2 is 1.20 bits per heavy atom. The molecule has 3 heterocycles. The average molecular weight is 686 g/mol. The van der Waals surface area contributed by atoms with E-state index >= 15 is 0 Å². The number of ether oxygens (including phenoxy) is 4. The molecule has 0 unspecified atom stereocenters. The van der Waals surface area contributed by atoms with Gasteiger partial charge in [0, 0.05) is 57.9 Å². The second kappa shape index (κ2) is 14.3. The Hall–Kier alpha value is -4.23. The average Bonchev–Trinajstić information content (AvgIpc) is 3.74. The maximum Gasteiger partial charge on any atom is 0.410 e. The van der Waals surface area contributed by atoms with Crippen molar-refractivity contribution < 1.29 is 43.0 Å². The number of oxime groups is 1. The molecule has 14 nitrogen and oxygen atoms in total. The van der Waals surface area contributed by atoms with Crippen LogP contribution in [0.5, 0.6) is 11.5 Å². The van der Waals surface area contributed by atoms with Gasteiger partial charge in [-0.15, -0.1) is 0 Å². The molecule has 1 aromatic carbocycles. The maximum absolute atomic E-state index is 14.4. The zero-order valence-electron chi connectivity index (χ0n) is 29.9. The van der Waals surface area contributed by atoms with Crippen molar-refractivity contribution in [2.24, 2.45) is 5.16 Å². The van der Waals surface area contributed by atoms with Crippen molar-refractivity contribution in [2.75, 3.05) is 59.5 Å². The first kappa shape index (κ1) is 36.1. The number of carbonyl (C=O) groups excluding carboxylic acids is 4. The van der Waals surface area contributed by atoms with Crippen LogP contribution in [0.25, 0.3) is 0 Å². The first-order chi connectivity index (χ1) is 23.1. The van der Waals surface area contributed by atoms with Gasteiger partial charge in [-0.3, -0.25) is 9.59 Å². The predicted octanol–water partition coefficient (Wildman–Crippen LogP) is 4.04. The van der Waals surface area contributed by atoms with Crippen LogP contribution in [-0.2, 0) is 23.9 Å². The Labute approximate surface area is 288 Å². The van der Waals surface area contributed by atoms with Gasteiger partial charge in [-0.2, -0.15) is 0 Å². The van der Waals surface area contributed by atoms with E-state index in [4.69, 9.17) is 23.8 Å². The summed E-state index contributed by atoms with van der Waals surface area (Å²) < 4.78 is 22.9. The highest BCUT2D eigenvalue weighted by atomic mass is 16.7. The summed E-state index contributed by atoms with van der Waals surface area (Å²) in [6.07, 6.45) is 3.23. The van der Waals surface area contributed by atoms with Gasteiger partial charge in [0.25, 0.3) is 17.4 Å². The van der Waals surface area contributed by atoms with Gasteiger partial charge in [-0.1, -0.05) is 5.16 Å². The Morgan fingerprint density at radius 3 is 1.65 bits per heavy atom. The Bertz CT molecular complexity index is 1370. The smallest absolute Gasteiger partial charge is 0.410 e. The molecular formula is C35H51N5O9. The maximum atomic E-state index is 14.4. The molecule has 14 heteroatoms. The molecule has 2 saturated heterocycles. The monoisotopic (exact) mass is 685 g/mol. The fourth-order valence-corrected chi connectivity index (χ4v) is 6.39. The molecule has 4 aliphatic rings. The molecule has 3 aliphatic heterocycles. The van der Waals surface area contributed by atoms with Crippen LogP contribution in [-0.4, -0.2) is 132 Å². The molecule has 0 N–H and O–H groups in total. The van der Waals surface area contributed by atoms with Gasteiger partial charge in [0.15, 0.2) is 11.5 Å². The summed E-state index contributed by atoms with van der Waals surface area (Å²) >= 11 is 0. The normalized spacial score (nSPS) is 20.0. The zero-order valence-corrected chi connectivity index (χ0v) is 29.9. The second-order valence-corrected chi connectivity index (χ2v) is 15.0. The lowest BCUT2D eigenvalue weighted by Gasteiger charge is -2.41. The van der Waals surface area contributed by atoms with E-state index in [-0.39, 0.29) is 64.9 Å². The van der Waals surface area contributed by atoms with E-state index in [1.165, 1.54) is 0 Å². The van der Waals surface area contributed by atoms with Crippen LogP contribution in [0.3, 0.4) is 0 Å². The minimum atomic E-state index is -1.95. The summed E-state index contributed by atoms with van der Waals surface area (Å²) in [7, 11) is 1.58. The molecule has 4 amide bonds. The number of amides is 4. The molecule has 1 aromatic rings. The van der Waals surface area contributed by atoms with Gasteiger partial charge in [-0.25, -0.2) is 9.59 Å². The topological polar surface area (TPSA) is 140 Å². The van der Waals surface area contributed by atoms with Crippen molar-refractivity contribution in [1.29, 1.82) is 0 Å². The van der Waals surface area contributed by atoms with Gasteiger partial charge in [0.2, 0.25) is 0 Å². The number of nitrogens with zero attached hydrogens (tertiary/aromatic N) is 5. The molecule has 0 atom stereocenters. The molecule has 1 aliphatic carbocycles. The van der Waals surface area contributed by atoms with Crippen molar-refractivity contribution in [3.05, 3.63) is 23.8 Å². The van der Waals surface area contributed by atoms with E-state index < -0.39 is 40.8 Å². The summed E-state index contributed by atoms with van der Waals surface area (Å²) in [4.78, 5) is 66.4. The molecule has 0 aromatic heterocycles. The third kappa shape index (κ3) is 8.50. The van der Waals surface area contributed by atoms with Crippen molar-refractivity contribution in [2.45, 2.75) is 96.6 Å². The SMILES string of the molecule is COc1ccc(C2=NOC(C(=O)N3CCN(C(=O)OC(C)(C)C)CC3)(C(=O)N3CCN(C(=O)OC(C)(C)C)CC3)C2)cc1OC1CCCC1. The fraction of sp³-hybridized carbons (Fsp3) is 0.686. The van der Waals surface area contributed by atoms with Gasteiger partial charge in [0.1, 0.15) is 11.2 Å². The first-order valence-electron chi connectivity index (χ1n) is 17.2. The van der Waals surface area contributed by atoms with Gasteiger partial charge in [0.05, 0.1) is 25.3 Å². The van der Waals surface area contributed by atoms with E-state index in [2.05, 4.69) is 5.16 Å². The third-order valence-corrected chi connectivity index (χ3v) is 8.95. The van der Waals surface area contributed by atoms with Gasteiger partial charge in [-0.05, 0) is 85.4 Å². The van der Waals surface area contributed by atoms with Crippen LogP contribution in [0.2, 0.25) is 0 Å². The van der Waals surface area contributed by atoms with Gasteiger partial charge < -0.3 is 43.4 Å². The molecular weight excluding hydrogens is 634 g/mol. The van der Waals surface area contributed by atoms with Gasteiger partial charge >= 0.3 is 12.2 Å². The number of hydrogen-bond donors (Lipinski definition) is 0. The minimum absolute atomic E-state index is 0.0897. The van der Waals surface area contributed by atoms with Crippen LogP contribution < -0.4 is 9.47 Å². The molecule has 0 radical (unpaired) electrons. The molecule has 270 valence electrons. The zero-order chi connectivity index (χ0) is 35.6. The van der Waals surface area contributed by atoms with Crippen molar-refractivity contribution in [3.63, 3.8) is 0 Å². The van der Waals surface area contributed by atoms with Crippen LogP contribution in [0.15, 0.2) is 23.4 Å². The van der Waals surface area contributed by atoms with Crippen molar-refractivity contribution in [1.82, 2.24) is 19.6 Å². The quantitative estimate of drug-likeness (QED) is 0.406. The summed E-state index contributed by atoms with van der Waals surface area (Å²) in [5.41, 5.74) is -2.17. The lowest BCUT2D eigenvalue weighted by molar-refractivity contribution is -0.173. The molecule has 49 heavy (non-hydrogen) atoms. The Morgan fingerprint density at radius 1 is 0.735 bits per heavy atom. The standard InChI is InChI=1S/C35H51N5O9/c1-33(2,3)47-31(43)39-18-14-37(15-19-39)29(41)35(30(42)38-16-20-40(21-17-38)32(44)48-34(4,5)6)23-26(36-49-35)24-12-13-27(45-7)28(22-24)46-25-10-8-9-11-25/h12-13,22,25H,8-11,14-21,23H2,1-7H3. The van der Waals surface area contributed by atoms with Crippen molar-refractivity contribution >= 4 is 29.7 Å². The summed E-state index contributed by atoms with van der Waals surface area (Å²) in [5.74, 6) is 0.108. The molecule has 0 bridgehead atoms. The second-order valence-electron chi connectivity index (χ2n) is 15.0. The highest BCUT2D eigenvalue weighted by Gasteiger charge is 2.57. The number of methoxy groups -OCH3 is 1. The van der Waals surface area contributed by atoms with E-state index in [9.17, 15) is 19.2 Å². The van der Waals surface area contributed by atoms with Crippen LogP contribution in [0.4, 0.5) is 9.59 Å². The Kier molecular flexibility index (Phi) is 10.5. The van der Waals surface area contributed by atoms with E-state index in [1.807, 2.05) is 12.1 Å². The lowest BCUT2D eigenvalue weighted by Crippen LogP contribution is -2.64. The minimum Gasteiger partial charge on any atom is -0.493 e. The largest absolute Gasteiger partial charge is 0.493 e. The first-order valence-corrected chi connectivity index (χ1v) is 17.2. The Balaban J connectivity index is 1.35. The fourth-order valence-electron chi connectivity index (χ4n) is 6.39. The molecule has 0 spiro atoms. The lowest BCUT2D eigenvalue weighted by atomic mass is 9.90. The third-order valence-electron chi connectivity index (χ3n) is 8.95. The number of carbonyl (C=O) groups is 4. The van der Waals surface area contributed by atoms with E-state index in [0.717, 1.165) is 25.7 Å². The number of rotatable bonds is 6. The van der Waals surface area contributed by atoms with Crippen LogP contribution in [0, 0.1) is 0 Å². The molecule has 3 fully saturated rings. The van der Waals surface area contributed by atoms with Crippen LogP contribution >= 0.6 is 0 Å². The number of hydrogen-bond acceptors (Lipinski definition) is 10. The molecule has 1 saturated carbocycles. The van der Waals surface area contributed by atoms with E-state index in [0.29, 0.717) is 22.8 Å². The highest BCUT2D eigenvalue weighted by Crippen LogP contribution is 2.37. The summed E-state index contributed by atoms with van der Waals surface area (Å²) in [6, 6.07) is 5.42. The van der Waals surface area contributed by atoms with Crippen molar-refractivity contribution in [3.8, 4) is 11.5 Å². The van der Waals surface area contributed by atoms with E-state index in [1.54, 1.807) is 74.3 Å². The van der Waals surface area contributed by atoms with Crippen LogP contribution in [0.1, 0.15) is 79.2 Å².